The molecular weight excluding hydrogens is 394 g/mol. The van der Waals surface area contributed by atoms with E-state index in [9.17, 15) is 14.9 Å². The molecule has 8 heteroatoms. The molecule has 8 nitrogen and oxygen atoms in total. The lowest BCUT2D eigenvalue weighted by molar-refractivity contribution is -0.385. The highest BCUT2D eigenvalue weighted by Crippen LogP contribution is 2.27. The molecular formula is C23H25N5O3. The zero-order valence-electron chi connectivity index (χ0n) is 17.5. The van der Waals surface area contributed by atoms with Gasteiger partial charge in [0.2, 0.25) is 0 Å². The Morgan fingerprint density at radius 1 is 1.03 bits per heavy atom. The van der Waals surface area contributed by atoms with Crippen molar-refractivity contribution in [1.29, 1.82) is 0 Å². The summed E-state index contributed by atoms with van der Waals surface area (Å²) in [6, 6.07) is 17.2. The van der Waals surface area contributed by atoms with E-state index in [4.69, 9.17) is 0 Å². The van der Waals surface area contributed by atoms with Crippen LogP contribution in [-0.4, -0.2) is 41.4 Å². The molecule has 0 unspecified atom stereocenters. The number of hydrogen-bond donors (Lipinski definition) is 2. The maximum atomic E-state index is 12.7. The van der Waals surface area contributed by atoms with Gasteiger partial charge >= 0.3 is 0 Å². The molecule has 0 aliphatic heterocycles. The van der Waals surface area contributed by atoms with Crippen LogP contribution < -0.4 is 10.6 Å². The molecule has 0 spiro atoms. The number of carbonyl (C=O) groups excluding carboxylic acids is 1. The summed E-state index contributed by atoms with van der Waals surface area (Å²) in [4.78, 5) is 29.9. The standard InChI is InChI=1S/C23H25N5O3/c1-27(2)16-8-10-17-9-3-5-12-19(17)25-22-20(13-7-15-24-22)26-23(29)18-11-4-6-14-21(18)28(30)31/h3-7,9,11-15H,8,10,16H2,1-2H3,(H,24,25)(H,26,29). The number of pyridine rings is 1. The van der Waals surface area contributed by atoms with Crippen molar-refractivity contribution in [3.8, 4) is 0 Å². The predicted molar refractivity (Wildman–Crippen MR) is 122 cm³/mol. The van der Waals surface area contributed by atoms with Crippen molar-refractivity contribution < 1.29 is 9.72 Å². The molecule has 160 valence electrons. The van der Waals surface area contributed by atoms with Gasteiger partial charge < -0.3 is 15.5 Å². The third kappa shape index (κ3) is 5.86. The molecule has 31 heavy (non-hydrogen) atoms. The fourth-order valence-corrected chi connectivity index (χ4v) is 3.19. The molecule has 0 aliphatic rings. The highest BCUT2D eigenvalue weighted by atomic mass is 16.6. The summed E-state index contributed by atoms with van der Waals surface area (Å²) < 4.78 is 0. The molecule has 0 atom stereocenters. The smallest absolute Gasteiger partial charge is 0.282 e. The number of nitrogens with zero attached hydrogens (tertiary/aromatic N) is 3. The van der Waals surface area contributed by atoms with Crippen LogP contribution >= 0.6 is 0 Å². The van der Waals surface area contributed by atoms with Crippen LogP contribution in [0.5, 0.6) is 0 Å². The van der Waals surface area contributed by atoms with Gasteiger partial charge in [-0.15, -0.1) is 0 Å². The van der Waals surface area contributed by atoms with Gasteiger partial charge in [0.15, 0.2) is 5.82 Å². The molecule has 0 saturated carbocycles. The first kappa shape index (κ1) is 21.9. The van der Waals surface area contributed by atoms with Crippen LogP contribution in [0.25, 0.3) is 0 Å². The quantitative estimate of drug-likeness (QED) is 0.392. The van der Waals surface area contributed by atoms with E-state index in [-0.39, 0.29) is 11.3 Å². The second kappa shape index (κ2) is 10.3. The molecule has 2 aromatic carbocycles. The van der Waals surface area contributed by atoms with Crippen LogP contribution in [0.15, 0.2) is 66.9 Å². The van der Waals surface area contributed by atoms with E-state index in [1.54, 1.807) is 24.4 Å². The van der Waals surface area contributed by atoms with Gasteiger partial charge in [0.25, 0.3) is 11.6 Å². The minimum absolute atomic E-state index is 0.00797. The average Bonchev–Trinajstić information content (AvgIpc) is 2.76. The van der Waals surface area contributed by atoms with Gasteiger partial charge in [-0.1, -0.05) is 30.3 Å². The first-order chi connectivity index (χ1) is 15.0. The van der Waals surface area contributed by atoms with Gasteiger partial charge in [-0.25, -0.2) is 4.98 Å². The molecule has 3 rings (SSSR count). The van der Waals surface area contributed by atoms with Crippen LogP contribution in [0.3, 0.4) is 0 Å². The summed E-state index contributed by atoms with van der Waals surface area (Å²) in [7, 11) is 4.09. The molecule has 3 aromatic rings. The third-order valence-electron chi connectivity index (χ3n) is 4.72. The topological polar surface area (TPSA) is 100 Å². The molecule has 1 aromatic heterocycles. The fraction of sp³-hybridized carbons (Fsp3) is 0.217. The molecule has 0 fully saturated rings. The lowest BCUT2D eigenvalue weighted by atomic mass is 10.1. The first-order valence-electron chi connectivity index (χ1n) is 9.95. The molecule has 0 aliphatic carbocycles. The Labute approximate surface area is 181 Å². The molecule has 0 saturated heterocycles. The van der Waals surface area contributed by atoms with Crippen LogP contribution in [0, 0.1) is 10.1 Å². The van der Waals surface area contributed by atoms with Gasteiger partial charge in [0.1, 0.15) is 5.56 Å². The van der Waals surface area contributed by atoms with Gasteiger partial charge in [0, 0.05) is 18.0 Å². The van der Waals surface area contributed by atoms with Gasteiger partial charge in [-0.05, 0) is 63.3 Å². The predicted octanol–water partition coefficient (Wildman–Crippen LogP) is 4.48. The molecule has 0 bridgehead atoms. The van der Waals surface area contributed by atoms with Gasteiger partial charge in [0.05, 0.1) is 10.6 Å². The normalized spacial score (nSPS) is 10.7. The lowest BCUT2D eigenvalue weighted by Crippen LogP contribution is -2.15. The van der Waals surface area contributed by atoms with Crippen LogP contribution in [0.1, 0.15) is 22.3 Å². The van der Waals surface area contributed by atoms with Crippen molar-refractivity contribution in [3.05, 3.63) is 88.1 Å². The zero-order valence-corrected chi connectivity index (χ0v) is 17.5. The van der Waals surface area contributed by atoms with Gasteiger partial charge in [-0.2, -0.15) is 0 Å². The second-order valence-corrected chi connectivity index (χ2v) is 7.32. The third-order valence-corrected chi connectivity index (χ3v) is 4.72. The SMILES string of the molecule is CN(C)CCCc1ccccc1Nc1ncccc1NC(=O)c1ccccc1[N+](=O)[O-]. The summed E-state index contributed by atoms with van der Waals surface area (Å²) in [5, 5.41) is 17.3. The van der Waals surface area contributed by atoms with Crippen molar-refractivity contribution in [2.75, 3.05) is 31.3 Å². The van der Waals surface area contributed by atoms with Crippen molar-refractivity contribution in [1.82, 2.24) is 9.88 Å². The average molecular weight is 419 g/mol. The minimum Gasteiger partial charge on any atom is -0.338 e. The number of nitrogens with one attached hydrogen (secondary N) is 2. The number of aromatic nitrogens is 1. The van der Waals surface area contributed by atoms with Crippen molar-refractivity contribution >= 4 is 28.8 Å². The Morgan fingerprint density at radius 2 is 1.74 bits per heavy atom. The number of aryl methyl sites for hydroxylation is 1. The largest absolute Gasteiger partial charge is 0.338 e. The number of amides is 1. The van der Waals surface area contributed by atoms with Crippen LogP contribution in [0.4, 0.5) is 22.9 Å². The number of benzene rings is 2. The van der Waals surface area contributed by atoms with Crippen LogP contribution in [0.2, 0.25) is 0 Å². The molecule has 1 heterocycles. The van der Waals surface area contributed by atoms with E-state index in [1.807, 2.05) is 32.3 Å². The highest BCUT2D eigenvalue weighted by Gasteiger charge is 2.20. The van der Waals surface area contributed by atoms with Crippen LogP contribution in [-0.2, 0) is 6.42 Å². The Balaban J connectivity index is 1.81. The van der Waals surface area contributed by atoms with E-state index in [0.29, 0.717) is 11.5 Å². The lowest BCUT2D eigenvalue weighted by Gasteiger charge is -2.15. The number of anilines is 3. The molecule has 0 radical (unpaired) electrons. The minimum atomic E-state index is -0.568. The van der Waals surface area contributed by atoms with E-state index >= 15 is 0 Å². The Kier molecular flexibility index (Phi) is 7.29. The number of hydrogen-bond acceptors (Lipinski definition) is 6. The summed E-state index contributed by atoms with van der Waals surface area (Å²) in [5.74, 6) is -0.0999. The number of para-hydroxylation sites is 2. The number of nitro benzene ring substituents is 1. The Hall–Kier alpha value is -3.78. The maximum Gasteiger partial charge on any atom is 0.282 e. The van der Waals surface area contributed by atoms with Crippen molar-refractivity contribution in [3.63, 3.8) is 0 Å². The summed E-state index contributed by atoms with van der Waals surface area (Å²) in [6.45, 7) is 0.981. The number of rotatable bonds is 9. The van der Waals surface area contributed by atoms with Crippen molar-refractivity contribution in [2.24, 2.45) is 0 Å². The van der Waals surface area contributed by atoms with Gasteiger partial charge in [-0.3, -0.25) is 14.9 Å². The van der Waals surface area contributed by atoms with E-state index < -0.39 is 10.8 Å². The maximum absolute atomic E-state index is 12.7. The second-order valence-electron chi connectivity index (χ2n) is 7.32. The summed E-state index contributed by atoms with van der Waals surface area (Å²) >= 11 is 0. The zero-order chi connectivity index (χ0) is 22.2. The van der Waals surface area contributed by atoms with Crippen molar-refractivity contribution in [2.45, 2.75) is 12.8 Å². The fourth-order valence-electron chi connectivity index (χ4n) is 3.19. The van der Waals surface area contributed by atoms with E-state index in [0.717, 1.165) is 30.6 Å². The molecule has 2 N–H and O–H groups in total. The number of nitro groups is 1. The molecule has 1 amide bonds. The highest BCUT2D eigenvalue weighted by molar-refractivity contribution is 6.08. The Morgan fingerprint density at radius 3 is 2.52 bits per heavy atom. The first-order valence-corrected chi connectivity index (χ1v) is 9.95. The Bertz CT molecular complexity index is 1070. The summed E-state index contributed by atoms with van der Waals surface area (Å²) in [6.07, 6.45) is 3.53. The van der Waals surface area contributed by atoms with E-state index in [2.05, 4.69) is 26.6 Å². The monoisotopic (exact) mass is 419 g/mol. The number of carbonyl (C=O) groups is 1. The van der Waals surface area contributed by atoms with E-state index in [1.165, 1.54) is 18.2 Å². The summed E-state index contributed by atoms with van der Waals surface area (Å²) in [5.41, 5.74) is 2.23.